The Morgan fingerprint density at radius 2 is 2.09 bits per heavy atom. The molecule has 9 heteroatoms. The fraction of sp³-hybridized carbons (Fsp3) is 0.0714. The number of thiophene rings is 1. The number of anilines is 1. The molecular weight excluding hydrogens is 320 g/mol. The number of aromatic nitrogens is 2. The van der Waals surface area contributed by atoms with Crippen LogP contribution in [0.1, 0.15) is 21.1 Å². The molecule has 0 aliphatic rings. The highest BCUT2D eigenvalue weighted by molar-refractivity contribution is 7.09. The van der Waals surface area contributed by atoms with E-state index >= 15 is 0 Å². The van der Waals surface area contributed by atoms with Gasteiger partial charge >= 0.3 is 6.01 Å². The third-order valence-electron chi connectivity index (χ3n) is 2.94. The molecule has 1 amide bonds. The highest BCUT2D eigenvalue weighted by Gasteiger charge is 2.21. The van der Waals surface area contributed by atoms with Crippen LogP contribution < -0.4 is 5.32 Å². The Kier molecular flexibility index (Phi) is 4.11. The van der Waals surface area contributed by atoms with Crippen molar-refractivity contribution in [2.45, 2.75) is 6.42 Å². The van der Waals surface area contributed by atoms with Gasteiger partial charge < -0.3 is 4.42 Å². The van der Waals surface area contributed by atoms with Crippen LogP contribution in [-0.4, -0.2) is 21.0 Å². The van der Waals surface area contributed by atoms with Crippen molar-refractivity contribution in [3.63, 3.8) is 0 Å². The number of benzene rings is 1. The van der Waals surface area contributed by atoms with Gasteiger partial charge in [-0.3, -0.25) is 20.2 Å². The molecule has 2 aromatic heterocycles. The van der Waals surface area contributed by atoms with Gasteiger partial charge in [-0.05, 0) is 17.5 Å². The number of nitrogens with one attached hydrogen (secondary N) is 1. The molecule has 116 valence electrons. The largest absolute Gasteiger partial charge is 0.407 e. The average Bonchev–Trinajstić information content (AvgIpc) is 3.20. The molecule has 0 aliphatic heterocycles. The summed E-state index contributed by atoms with van der Waals surface area (Å²) < 4.78 is 5.33. The van der Waals surface area contributed by atoms with Crippen LogP contribution in [0.25, 0.3) is 0 Å². The van der Waals surface area contributed by atoms with Crippen LogP contribution in [0, 0.1) is 10.1 Å². The van der Waals surface area contributed by atoms with E-state index in [2.05, 4.69) is 15.5 Å². The number of hydrogen-bond donors (Lipinski definition) is 1. The average molecular weight is 330 g/mol. The van der Waals surface area contributed by atoms with Crippen molar-refractivity contribution in [3.8, 4) is 0 Å². The quantitative estimate of drug-likeness (QED) is 0.569. The lowest BCUT2D eigenvalue weighted by molar-refractivity contribution is -0.385. The number of nitrogens with zero attached hydrogens (tertiary/aromatic N) is 3. The van der Waals surface area contributed by atoms with Gasteiger partial charge in [0.1, 0.15) is 5.56 Å². The second-order valence-electron chi connectivity index (χ2n) is 4.49. The van der Waals surface area contributed by atoms with E-state index in [0.717, 1.165) is 4.88 Å². The van der Waals surface area contributed by atoms with Crippen LogP contribution in [-0.2, 0) is 6.42 Å². The fourth-order valence-corrected chi connectivity index (χ4v) is 2.62. The maximum atomic E-state index is 12.1. The summed E-state index contributed by atoms with van der Waals surface area (Å²) in [6, 6.07) is 9.38. The van der Waals surface area contributed by atoms with Crippen LogP contribution in [0.5, 0.6) is 0 Å². The lowest BCUT2D eigenvalue weighted by atomic mass is 10.1. The predicted octanol–water partition coefficient (Wildman–Crippen LogP) is 2.88. The van der Waals surface area contributed by atoms with Gasteiger partial charge in [-0.25, -0.2) is 0 Å². The summed E-state index contributed by atoms with van der Waals surface area (Å²) in [5.74, 6) is -0.325. The summed E-state index contributed by atoms with van der Waals surface area (Å²) in [4.78, 5) is 23.5. The number of rotatable bonds is 5. The van der Waals surface area contributed by atoms with E-state index in [9.17, 15) is 14.9 Å². The third-order valence-corrected chi connectivity index (χ3v) is 3.81. The van der Waals surface area contributed by atoms with Gasteiger partial charge in [0, 0.05) is 10.9 Å². The third kappa shape index (κ3) is 3.40. The molecule has 0 aliphatic carbocycles. The highest BCUT2D eigenvalue weighted by Crippen LogP contribution is 2.20. The molecule has 23 heavy (non-hydrogen) atoms. The van der Waals surface area contributed by atoms with Crippen molar-refractivity contribution < 1.29 is 14.1 Å². The van der Waals surface area contributed by atoms with Crippen molar-refractivity contribution >= 4 is 28.9 Å². The maximum Gasteiger partial charge on any atom is 0.322 e. The molecule has 0 atom stereocenters. The minimum absolute atomic E-state index is 0.0736. The lowest BCUT2D eigenvalue weighted by Crippen LogP contribution is -2.14. The Labute approximate surface area is 133 Å². The van der Waals surface area contributed by atoms with Crippen molar-refractivity contribution in [3.05, 3.63) is 68.2 Å². The predicted molar refractivity (Wildman–Crippen MR) is 82.5 cm³/mol. The summed E-state index contributed by atoms with van der Waals surface area (Å²) in [7, 11) is 0. The lowest BCUT2D eigenvalue weighted by Gasteiger charge is -2.01. The Morgan fingerprint density at radius 1 is 1.26 bits per heavy atom. The maximum absolute atomic E-state index is 12.1. The van der Waals surface area contributed by atoms with Crippen LogP contribution in [0.3, 0.4) is 0 Å². The van der Waals surface area contributed by atoms with Crippen LogP contribution >= 0.6 is 11.3 Å². The molecule has 0 unspecified atom stereocenters. The van der Waals surface area contributed by atoms with Crippen molar-refractivity contribution in [2.24, 2.45) is 0 Å². The van der Waals surface area contributed by atoms with E-state index in [-0.39, 0.29) is 17.3 Å². The molecule has 3 rings (SSSR count). The zero-order valence-electron chi connectivity index (χ0n) is 11.6. The second kappa shape index (κ2) is 6.36. The Hall–Kier alpha value is -3.07. The normalized spacial score (nSPS) is 10.4. The number of amides is 1. The molecule has 0 fully saturated rings. The number of carbonyl (C=O) groups excluding carboxylic acids is 1. The summed E-state index contributed by atoms with van der Waals surface area (Å²) in [6.45, 7) is 0. The van der Waals surface area contributed by atoms with E-state index in [4.69, 9.17) is 4.42 Å². The minimum Gasteiger partial charge on any atom is -0.407 e. The van der Waals surface area contributed by atoms with Crippen molar-refractivity contribution in [1.82, 2.24) is 10.2 Å². The summed E-state index contributed by atoms with van der Waals surface area (Å²) in [5, 5.41) is 22.8. The van der Waals surface area contributed by atoms with Crippen LogP contribution in [0.2, 0.25) is 0 Å². The van der Waals surface area contributed by atoms with E-state index in [0.29, 0.717) is 12.3 Å². The number of nitro benzene ring substituents is 1. The molecule has 2 heterocycles. The topological polar surface area (TPSA) is 111 Å². The Balaban J connectivity index is 1.74. The standard InChI is InChI=1S/C14H10N4O4S/c19-13(10-5-1-2-6-11(10)18(20)21)15-14-17-16-12(22-14)8-9-4-3-7-23-9/h1-7H,8H2,(H,15,17,19). The molecular formula is C14H10N4O4S. The molecule has 0 saturated heterocycles. The van der Waals surface area contributed by atoms with Crippen molar-refractivity contribution in [2.75, 3.05) is 5.32 Å². The van der Waals surface area contributed by atoms with E-state index in [1.54, 1.807) is 11.3 Å². The first-order chi connectivity index (χ1) is 11.1. The zero-order chi connectivity index (χ0) is 16.2. The smallest absolute Gasteiger partial charge is 0.322 e. The molecule has 1 aromatic carbocycles. The number of hydrogen-bond acceptors (Lipinski definition) is 7. The zero-order valence-corrected chi connectivity index (χ0v) is 12.4. The molecule has 0 bridgehead atoms. The van der Waals surface area contributed by atoms with E-state index in [1.165, 1.54) is 24.3 Å². The number of nitro groups is 1. The second-order valence-corrected chi connectivity index (χ2v) is 5.52. The monoisotopic (exact) mass is 330 g/mol. The van der Waals surface area contributed by atoms with Gasteiger partial charge in [-0.1, -0.05) is 23.3 Å². The first kappa shape index (κ1) is 14.9. The first-order valence-electron chi connectivity index (χ1n) is 6.53. The van der Waals surface area contributed by atoms with Crippen molar-refractivity contribution in [1.29, 1.82) is 0 Å². The number of carbonyl (C=O) groups is 1. The Morgan fingerprint density at radius 3 is 2.83 bits per heavy atom. The number of para-hydroxylation sites is 1. The first-order valence-corrected chi connectivity index (χ1v) is 7.41. The summed E-state index contributed by atoms with van der Waals surface area (Å²) in [6.07, 6.45) is 0.464. The summed E-state index contributed by atoms with van der Waals surface area (Å²) in [5.41, 5.74) is -0.362. The van der Waals surface area contributed by atoms with Gasteiger partial charge in [0.05, 0.1) is 11.3 Å². The van der Waals surface area contributed by atoms with Crippen LogP contribution in [0.4, 0.5) is 11.7 Å². The highest BCUT2D eigenvalue weighted by atomic mass is 32.1. The van der Waals surface area contributed by atoms with Gasteiger partial charge in [0.25, 0.3) is 11.6 Å². The minimum atomic E-state index is -0.677. The molecule has 0 radical (unpaired) electrons. The fourth-order valence-electron chi connectivity index (χ4n) is 1.93. The molecule has 1 N–H and O–H groups in total. The van der Waals surface area contributed by atoms with Gasteiger partial charge in [0.2, 0.25) is 5.89 Å². The van der Waals surface area contributed by atoms with E-state index < -0.39 is 10.8 Å². The molecule has 0 spiro atoms. The van der Waals surface area contributed by atoms with Crippen LogP contribution in [0.15, 0.2) is 46.2 Å². The van der Waals surface area contributed by atoms with E-state index in [1.807, 2.05) is 17.5 Å². The molecule has 0 saturated carbocycles. The van der Waals surface area contributed by atoms with Gasteiger partial charge in [-0.2, -0.15) is 0 Å². The molecule has 8 nitrogen and oxygen atoms in total. The van der Waals surface area contributed by atoms with Gasteiger partial charge in [-0.15, -0.1) is 16.4 Å². The summed E-state index contributed by atoms with van der Waals surface area (Å²) >= 11 is 1.55. The SMILES string of the molecule is O=C(Nc1nnc(Cc2cccs2)o1)c1ccccc1[N+](=O)[O-]. The Bertz CT molecular complexity index is 844. The van der Waals surface area contributed by atoms with Gasteiger partial charge in [0.15, 0.2) is 0 Å². The molecule has 3 aromatic rings.